The van der Waals surface area contributed by atoms with Gasteiger partial charge in [0.15, 0.2) is 5.16 Å². The van der Waals surface area contributed by atoms with E-state index in [0.717, 1.165) is 5.69 Å². The van der Waals surface area contributed by atoms with E-state index >= 15 is 0 Å². The number of halogens is 1. The monoisotopic (exact) mass is 392 g/mol. The molecule has 0 aliphatic carbocycles. The Morgan fingerprint density at radius 2 is 1.59 bits per heavy atom. The molecule has 27 heavy (non-hydrogen) atoms. The predicted molar refractivity (Wildman–Crippen MR) is 113 cm³/mol. The van der Waals surface area contributed by atoms with Gasteiger partial charge in [0, 0.05) is 10.3 Å². The Bertz CT molecular complexity index is 1140. The van der Waals surface area contributed by atoms with Gasteiger partial charge in [0.05, 0.1) is 16.6 Å². The predicted octanol–water partition coefficient (Wildman–Crippen LogP) is 5.89. The fourth-order valence-corrected chi connectivity index (χ4v) is 4.14. The van der Waals surface area contributed by atoms with Crippen molar-refractivity contribution in [2.45, 2.75) is 17.3 Å². The minimum Gasteiger partial charge on any atom is -0.268 e. The van der Waals surface area contributed by atoms with Crippen LogP contribution in [-0.4, -0.2) is 9.55 Å². The number of hydrogen-bond acceptors (Lipinski definition) is 3. The summed E-state index contributed by atoms with van der Waals surface area (Å²) in [7, 11) is 0. The van der Waals surface area contributed by atoms with Gasteiger partial charge in [-0.25, -0.2) is 4.98 Å². The SMILES string of the molecule is CC(Sc1nc2ccccc2c(=O)n1-c1ccc(Cl)cc1)c1ccccc1. The highest BCUT2D eigenvalue weighted by atomic mass is 35.5. The van der Waals surface area contributed by atoms with Gasteiger partial charge in [0.1, 0.15) is 0 Å². The molecule has 0 aliphatic heterocycles. The van der Waals surface area contributed by atoms with Crippen molar-refractivity contribution in [3.05, 3.63) is 99.8 Å². The van der Waals surface area contributed by atoms with Gasteiger partial charge < -0.3 is 0 Å². The molecule has 3 nitrogen and oxygen atoms in total. The number of para-hydroxylation sites is 1. The number of hydrogen-bond donors (Lipinski definition) is 0. The van der Waals surface area contributed by atoms with Gasteiger partial charge >= 0.3 is 0 Å². The van der Waals surface area contributed by atoms with Crippen LogP contribution >= 0.6 is 23.4 Å². The molecule has 5 heteroatoms. The maximum atomic E-state index is 13.2. The van der Waals surface area contributed by atoms with Crippen molar-refractivity contribution >= 4 is 34.3 Å². The summed E-state index contributed by atoms with van der Waals surface area (Å²) >= 11 is 7.60. The molecule has 0 fully saturated rings. The first kappa shape index (κ1) is 17.8. The topological polar surface area (TPSA) is 34.9 Å². The number of nitrogens with zero attached hydrogens (tertiary/aromatic N) is 2. The first-order valence-electron chi connectivity index (χ1n) is 8.63. The summed E-state index contributed by atoms with van der Waals surface area (Å²) < 4.78 is 1.67. The van der Waals surface area contributed by atoms with Gasteiger partial charge in [-0.3, -0.25) is 9.36 Å². The maximum Gasteiger partial charge on any atom is 0.266 e. The second-order valence-corrected chi connectivity index (χ2v) is 7.94. The van der Waals surface area contributed by atoms with Crippen LogP contribution in [-0.2, 0) is 0 Å². The lowest BCUT2D eigenvalue weighted by atomic mass is 10.2. The minimum absolute atomic E-state index is 0.0781. The van der Waals surface area contributed by atoms with Crippen molar-refractivity contribution in [3.63, 3.8) is 0 Å². The molecule has 0 amide bonds. The highest BCUT2D eigenvalue weighted by molar-refractivity contribution is 7.99. The van der Waals surface area contributed by atoms with E-state index in [1.54, 1.807) is 28.5 Å². The van der Waals surface area contributed by atoms with Crippen LogP contribution in [0.5, 0.6) is 0 Å². The van der Waals surface area contributed by atoms with Crippen LogP contribution in [0.15, 0.2) is 88.8 Å². The normalized spacial score (nSPS) is 12.2. The van der Waals surface area contributed by atoms with Gasteiger partial charge in [0.25, 0.3) is 5.56 Å². The van der Waals surface area contributed by atoms with Gasteiger partial charge in [0.2, 0.25) is 0 Å². The Balaban J connectivity index is 1.88. The molecule has 1 aromatic heterocycles. The lowest BCUT2D eigenvalue weighted by Gasteiger charge is -2.17. The minimum atomic E-state index is -0.0781. The Labute approximate surface area is 166 Å². The van der Waals surface area contributed by atoms with Crippen LogP contribution in [0.1, 0.15) is 17.7 Å². The molecule has 3 aromatic carbocycles. The standard InChI is InChI=1S/C22H17ClN2OS/c1-15(16-7-3-2-4-8-16)27-22-24-20-10-6-5-9-19(20)21(26)25(22)18-13-11-17(23)12-14-18/h2-15H,1H3. The van der Waals surface area contributed by atoms with Crippen LogP contribution in [0.25, 0.3) is 16.6 Å². The van der Waals surface area contributed by atoms with Gasteiger partial charge in [-0.05, 0) is 48.9 Å². The summed E-state index contributed by atoms with van der Waals surface area (Å²) in [6, 6.07) is 24.9. The van der Waals surface area contributed by atoms with E-state index in [2.05, 4.69) is 19.1 Å². The average Bonchev–Trinajstić information content (AvgIpc) is 2.70. The smallest absolute Gasteiger partial charge is 0.266 e. The van der Waals surface area contributed by atoms with Crippen molar-refractivity contribution in [1.82, 2.24) is 9.55 Å². The highest BCUT2D eigenvalue weighted by Crippen LogP contribution is 2.34. The quantitative estimate of drug-likeness (QED) is 0.320. The van der Waals surface area contributed by atoms with Crippen molar-refractivity contribution < 1.29 is 0 Å². The molecule has 0 saturated heterocycles. The first-order chi connectivity index (χ1) is 13.1. The molecule has 134 valence electrons. The fraction of sp³-hybridized carbons (Fsp3) is 0.0909. The molecule has 0 spiro atoms. The third-order valence-electron chi connectivity index (χ3n) is 4.38. The van der Waals surface area contributed by atoms with Crippen LogP contribution in [0, 0.1) is 0 Å². The van der Waals surface area contributed by atoms with E-state index in [1.165, 1.54) is 5.56 Å². The van der Waals surface area contributed by atoms with Crippen molar-refractivity contribution in [2.75, 3.05) is 0 Å². The van der Waals surface area contributed by atoms with E-state index in [0.29, 0.717) is 21.1 Å². The maximum absolute atomic E-state index is 13.2. The van der Waals surface area contributed by atoms with Crippen LogP contribution in [0.2, 0.25) is 5.02 Å². The van der Waals surface area contributed by atoms with E-state index in [4.69, 9.17) is 16.6 Å². The second kappa shape index (κ2) is 7.59. The number of benzene rings is 3. The van der Waals surface area contributed by atoms with Crippen molar-refractivity contribution in [1.29, 1.82) is 0 Å². The van der Waals surface area contributed by atoms with E-state index < -0.39 is 0 Å². The molecule has 4 aromatic rings. The molecule has 0 N–H and O–H groups in total. The van der Waals surface area contributed by atoms with Gasteiger partial charge in [-0.2, -0.15) is 0 Å². The highest BCUT2D eigenvalue weighted by Gasteiger charge is 2.16. The second-order valence-electron chi connectivity index (χ2n) is 6.20. The Kier molecular flexibility index (Phi) is 5.01. The molecule has 0 aliphatic rings. The molecule has 0 bridgehead atoms. The third-order valence-corrected chi connectivity index (χ3v) is 5.74. The number of aromatic nitrogens is 2. The van der Waals surface area contributed by atoms with Crippen LogP contribution in [0.4, 0.5) is 0 Å². The molecule has 4 rings (SSSR count). The number of rotatable bonds is 4. The Morgan fingerprint density at radius 1 is 0.926 bits per heavy atom. The van der Waals surface area contributed by atoms with Crippen molar-refractivity contribution in [2.24, 2.45) is 0 Å². The molecule has 0 radical (unpaired) electrons. The zero-order chi connectivity index (χ0) is 18.8. The summed E-state index contributed by atoms with van der Waals surface area (Å²) in [6.07, 6.45) is 0. The van der Waals surface area contributed by atoms with Crippen LogP contribution < -0.4 is 5.56 Å². The lowest BCUT2D eigenvalue weighted by molar-refractivity contribution is 0.815. The zero-order valence-corrected chi connectivity index (χ0v) is 16.2. The summed E-state index contributed by atoms with van der Waals surface area (Å²) in [5.41, 5.74) is 2.57. The Morgan fingerprint density at radius 3 is 2.33 bits per heavy atom. The Hall–Kier alpha value is -2.56. The van der Waals surface area contributed by atoms with Crippen LogP contribution in [0.3, 0.4) is 0 Å². The number of thioether (sulfide) groups is 1. The van der Waals surface area contributed by atoms with E-state index in [-0.39, 0.29) is 10.8 Å². The molecule has 0 saturated carbocycles. The van der Waals surface area contributed by atoms with Gasteiger partial charge in [-0.15, -0.1) is 0 Å². The summed E-state index contributed by atoms with van der Waals surface area (Å²) in [4.78, 5) is 18.0. The molecular weight excluding hydrogens is 376 g/mol. The lowest BCUT2D eigenvalue weighted by Crippen LogP contribution is -2.21. The third kappa shape index (κ3) is 3.64. The van der Waals surface area contributed by atoms with E-state index in [1.807, 2.05) is 54.6 Å². The summed E-state index contributed by atoms with van der Waals surface area (Å²) in [5.74, 6) is 0. The van der Waals surface area contributed by atoms with Gasteiger partial charge in [-0.1, -0.05) is 65.8 Å². The summed E-state index contributed by atoms with van der Waals surface area (Å²) in [5, 5.41) is 2.05. The largest absolute Gasteiger partial charge is 0.268 e. The molecule has 1 atom stereocenters. The fourth-order valence-electron chi connectivity index (χ4n) is 2.96. The van der Waals surface area contributed by atoms with Crippen molar-refractivity contribution in [3.8, 4) is 5.69 Å². The molecule has 1 unspecified atom stereocenters. The molecule has 1 heterocycles. The van der Waals surface area contributed by atoms with E-state index in [9.17, 15) is 4.79 Å². The first-order valence-corrected chi connectivity index (χ1v) is 9.88. The summed E-state index contributed by atoms with van der Waals surface area (Å²) in [6.45, 7) is 2.12. The molecular formula is C22H17ClN2OS. The zero-order valence-electron chi connectivity index (χ0n) is 14.7. The average molecular weight is 393 g/mol. The number of fused-ring (bicyclic) bond motifs is 1.